The fourth-order valence-corrected chi connectivity index (χ4v) is 5.24. The maximum atomic E-state index is 4.15. The Hall–Kier alpha value is -0.0700. The predicted octanol–water partition coefficient (Wildman–Crippen LogP) is 0.889. The first kappa shape index (κ1) is 14.3. The SMILES string of the molecule is C=CS(C)(N1CCN(C)CC1)N1CCN(C)CC1. The largest absolute Gasteiger partial charge is 0.304 e. The van der Waals surface area contributed by atoms with Crippen LogP contribution in [0.15, 0.2) is 12.0 Å². The van der Waals surface area contributed by atoms with Gasteiger partial charge in [-0.1, -0.05) is 6.58 Å². The van der Waals surface area contributed by atoms with Crippen molar-refractivity contribution in [2.24, 2.45) is 0 Å². The molecule has 0 bridgehead atoms. The zero-order valence-electron chi connectivity index (χ0n) is 12.1. The van der Waals surface area contributed by atoms with Crippen molar-refractivity contribution in [2.45, 2.75) is 0 Å². The van der Waals surface area contributed by atoms with Crippen LogP contribution >= 0.6 is 10.4 Å². The van der Waals surface area contributed by atoms with E-state index in [0.29, 0.717) is 0 Å². The molecule has 4 nitrogen and oxygen atoms in total. The van der Waals surface area contributed by atoms with Crippen LogP contribution in [0.25, 0.3) is 0 Å². The van der Waals surface area contributed by atoms with Crippen LogP contribution in [0.2, 0.25) is 0 Å². The van der Waals surface area contributed by atoms with Crippen molar-refractivity contribution in [3.8, 4) is 0 Å². The molecule has 0 N–H and O–H groups in total. The molecule has 0 atom stereocenters. The van der Waals surface area contributed by atoms with Crippen molar-refractivity contribution < 1.29 is 0 Å². The summed E-state index contributed by atoms with van der Waals surface area (Å²) < 4.78 is 5.34. The summed E-state index contributed by atoms with van der Waals surface area (Å²) in [6.45, 7) is 13.6. The summed E-state index contributed by atoms with van der Waals surface area (Å²) in [4.78, 5) is 4.84. The van der Waals surface area contributed by atoms with Gasteiger partial charge in [-0.3, -0.25) is 8.61 Å². The van der Waals surface area contributed by atoms with Gasteiger partial charge in [-0.25, -0.2) is 0 Å². The number of piperazine rings is 2. The summed E-state index contributed by atoms with van der Waals surface area (Å²) in [5, 5.41) is 2.23. The molecule has 2 saturated heterocycles. The molecule has 106 valence electrons. The molecule has 0 amide bonds. The first-order chi connectivity index (χ1) is 8.56. The number of nitrogens with zero attached hydrogens (tertiary/aromatic N) is 4. The van der Waals surface area contributed by atoms with E-state index in [0.717, 1.165) is 0 Å². The highest BCUT2D eigenvalue weighted by molar-refractivity contribution is 8.31. The van der Waals surface area contributed by atoms with Gasteiger partial charge in [0.15, 0.2) is 0 Å². The van der Waals surface area contributed by atoms with Gasteiger partial charge in [0.1, 0.15) is 0 Å². The van der Waals surface area contributed by atoms with Crippen LogP contribution in [-0.4, -0.2) is 91.1 Å². The second kappa shape index (κ2) is 5.92. The Labute approximate surface area is 114 Å². The molecule has 2 rings (SSSR count). The fraction of sp³-hybridized carbons (Fsp3) is 0.846. The molecule has 18 heavy (non-hydrogen) atoms. The van der Waals surface area contributed by atoms with E-state index in [4.69, 9.17) is 0 Å². The third-order valence-corrected chi connectivity index (χ3v) is 7.74. The van der Waals surface area contributed by atoms with Crippen molar-refractivity contribution in [3.63, 3.8) is 0 Å². The van der Waals surface area contributed by atoms with Crippen LogP contribution in [0.1, 0.15) is 0 Å². The molecule has 0 aromatic carbocycles. The van der Waals surface area contributed by atoms with Crippen LogP contribution in [0.5, 0.6) is 0 Å². The van der Waals surface area contributed by atoms with Gasteiger partial charge in [0.25, 0.3) is 0 Å². The highest BCUT2D eigenvalue weighted by Crippen LogP contribution is 2.52. The third-order valence-electron chi connectivity index (χ3n) is 4.29. The lowest BCUT2D eigenvalue weighted by atomic mass is 10.4. The molecule has 0 aliphatic carbocycles. The Kier molecular flexibility index (Phi) is 4.72. The number of rotatable bonds is 3. The zero-order chi connectivity index (χ0) is 13.2. The summed E-state index contributed by atoms with van der Waals surface area (Å²) in [5.41, 5.74) is 0. The summed E-state index contributed by atoms with van der Waals surface area (Å²) in [6.07, 6.45) is 2.41. The van der Waals surface area contributed by atoms with Crippen molar-refractivity contribution >= 4 is 10.4 Å². The fourth-order valence-electron chi connectivity index (χ4n) is 2.69. The second-order valence-electron chi connectivity index (χ2n) is 5.52. The number of likely N-dealkylation sites (N-methyl/N-ethyl adjacent to an activating group) is 2. The first-order valence-electron chi connectivity index (χ1n) is 6.84. The molecule has 2 heterocycles. The topological polar surface area (TPSA) is 13.0 Å². The van der Waals surface area contributed by atoms with E-state index >= 15 is 0 Å². The minimum absolute atomic E-state index is 0.950. The van der Waals surface area contributed by atoms with Gasteiger partial charge in [-0.15, -0.1) is 10.4 Å². The highest BCUT2D eigenvalue weighted by atomic mass is 32.3. The van der Waals surface area contributed by atoms with E-state index in [1.54, 1.807) is 0 Å². The van der Waals surface area contributed by atoms with Crippen LogP contribution in [-0.2, 0) is 0 Å². The zero-order valence-corrected chi connectivity index (χ0v) is 13.0. The quantitative estimate of drug-likeness (QED) is 0.756. The van der Waals surface area contributed by atoms with E-state index in [9.17, 15) is 0 Å². The molecule has 0 spiro atoms. The molecule has 0 radical (unpaired) electrons. The van der Waals surface area contributed by atoms with E-state index in [1.165, 1.54) is 52.4 Å². The van der Waals surface area contributed by atoms with Gasteiger partial charge < -0.3 is 9.80 Å². The molecule has 5 heteroatoms. The van der Waals surface area contributed by atoms with Crippen LogP contribution < -0.4 is 0 Å². The molecule has 2 fully saturated rings. The van der Waals surface area contributed by atoms with Gasteiger partial charge in [0, 0.05) is 52.4 Å². The Morgan fingerprint density at radius 1 is 0.778 bits per heavy atom. The number of hydrogen-bond acceptors (Lipinski definition) is 4. The molecule has 2 aliphatic rings. The van der Waals surface area contributed by atoms with Gasteiger partial charge in [-0.2, -0.15) is 0 Å². The molecule has 0 aromatic rings. The van der Waals surface area contributed by atoms with Crippen LogP contribution in [0.3, 0.4) is 0 Å². The van der Waals surface area contributed by atoms with Gasteiger partial charge in [-0.05, 0) is 25.8 Å². The Morgan fingerprint density at radius 3 is 1.39 bits per heavy atom. The van der Waals surface area contributed by atoms with Crippen molar-refractivity contribution in [3.05, 3.63) is 12.0 Å². The summed E-state index contributed by atoms with van der Waals surface area (Å²) in [5.74, 6) is 0. The molecule has 2 aliphatic heterocycles. The third kappa shape index (κ3) is 2.91. The standard InChI is InChI=1S/C13H28N4S/c1-5-18(4,16-10-6-14(2)7-11-16)17-12-8-15(3)9-13-17/h5H,1,6-13H2,2-4H3. The molecule has 0 saturated carbocycles. The van der Waals surface area contributed by atoms with E-state index in [2.05, 4.69) is 50.7 Å². The smallest absolute Gasteiger partial charge is 0.0217 e. The summed E-state index contributed by atoms with van der Waals surface area (Å²) in [7, 11) is 3.48. The predicted molar refractivity (Wildman–Crippen MR) is 81.9 cm³/mol. The van der Waals surface area contributed by atoms with E-state index in [1.807, 2.05) is 0 Å². The maximum Gasteiger partial charge on any atom is 0.0217 e. The lowest BCUT2D eigenvalue weighted by Crippen LogP contribution is -2.52. The van der Waals surface area contributed by atoms with Crippen molar-refractivity contribution in [1.82, 2.24) is 18.4 Å². The minimum atomic E-state index is -0.950. The number of hydrogen-bond donors (Lipinski definition) is 0. The van der Waals surface area contributed by atoms with Crippen molar-refractivity contribution in [1.29, 1.82) is 0 Å². The second-order valence-corrected chi connectivity index (χ2v) is 8.68. The van der Waals surface area contributed by atoms with Crippen LogP contribution in [0, 0.1) is 0 Å². The van der Waals surface area contributed by atoms with E-state index < -0.39 is 10.4 Å². The Balaban J connectivity index is 2.02. The van der Waals surface area contributed by atoms with Gasteiger partial charge >= 0.3 is 0 Å². The van der Waals surface area contributed by atoms with Crippen LogP contribution in [0.4, 0.5) is 0 Å². The first-order valence-corrected chi connectivity index (χ1v) is 8.86. The average molecular weight is 272 g/mol. The maximum absolute atomic E-state index is 4.15. The molecular weight excluding hydrogens is 244 g/mol. The lowest BCUT2D eigenvalue weighted by molar-refractivity contribution is 0.203. The highest BCUT2D eigenvalue weighted by Gasteiger charge is 2.33. The van der Waals surface area contributed by atoms with Crippen molar-refractivity contribution in [2.75, 3.05) is 72.7 Å². The Bertz CT molecular complexity index is 259. The van der Waals surface area contributed by atoms with Gasteiger partial charge in [0.2, 0.25) is 0 Å². The van der Waals surface area contributed by atoms with Gasteiger partial charge in [0.05, 0.1) is 0 Å². The average Bonchev–Trinajstić information content (AvgIpc) is 2.39. The summed E-state index contributed by atoms with van der Waals surface area (Å²) >= 11 is 0. The van der Waals surface area contributed by atoms with E-state index in [-0.39, 0.29) is 0 Å². The minimum Gasteiger partial charge on any atom is -0.304 e. The molecule has 0 aromatic heterocycles. The molecular formula is C13H28N4S. The molecule has 0 unspecified atom stereocenters. The lowest BCUT2D eigenvalue weighted by Gasteiger charge is -2.55. The normalized spacial score (nSPS) is 27.3. The summed E-state index contributed by atoms with van der Waals surface area (Å²) in [6, 6.07) is 0. The monoisotopic (exact) mass is 272 g/mol. The Morgan fingerprint density at radius 2 is 1.11 bits per heavy atom.